The Balaban J connectivity index is 3.26. The van der Waals surface area contributed by atoms with E-state index in [1.165, 1.54) is 19.2 Å². The first-order valence-electron chi connectivity index (χ1n) is 4.38. The van der Waals surface area contributed by atoms with Crippen LogP contribution in [-0.2, 0) is 9.59 Å². The molecule has 4 nitrogen and oxygen atoms in total. The Labute approximate surface area is 103 Å². The van der Waals surface area contributed by atoms with Gasteiger partial charge in [0.15, 0.2) is 12.2 Å². The third kappa shape index (κ3) is 2.72. The summed E-state index contributed by atoms with van der Waals surface area (Å²) in [7, 11) is 1.46. The molecule has 0 aliphatic heterocycles. The summed E-state index contributed by atoms with van der Waals surface area (Å²) in [6.45, 7) is -0.385. The quantitative estimate of drug-likeness (QED) is 0.669. The SMILES string of the molecule is C[N+](C=O)(CC(=O)O)c1cc(Cl)ccc1Cl. The van der Waals surface area contributed by atoms with Crippen molar-refractivity contribution in [1.82, 2.24) is 4.48 Å². The lowest BCUT2D eigenvalue weighted by Gasteiger charge is -2.25. The number of benzene rings is 1. The topological polar surface area (TPSA) is 54.4 Å². The van der Waals surface area contributed by atoms with Crippen LogP contribution >= 0.6 is 23.2 Å². The fraction of sp³-hybridized carbons (Fsp3) is 0.200. The molecule has 86 valence electrons. The number of carboxylic acid groups (broad SMARTS) is 1. The first-order valence-corrected chi connectivity index (χ1v) is 5.13. The van der Waals surface area contributed by atoms with Gasteiger partial charge in [0.05, 0.1) is 7.05 Å². The van der Waals surface area contributed by atoms with E-state index in [1.807, 2.05) is 0 Å². The Kier molecular flexibility index (Phi) is 3.91. The number of amides is 1. The fourth-order valence-corrected chi connectivity index (χ4v) is 1.81. The molecule has 1 aromatic rings. The summed E-state index contributed by atoms with van der Waals surface area (Å²) < 4.78 is -0.450. The molecule has 1 amide bonds. The van der Waals surface area contributed by atoms with Crippen molar-refractivity contribution in [2.75, 3.05) is 13.6 Å². The highest BCUT2D eigenvalue weighted by Gasteiger charge is 2.30. The van der Waals surface area contributed by atoms with Gasteiger partial charge in [-0.25, -0.2) is 14.1 Å². The molecule has 1 atom stereocenters. The number of carbonyl (C=O) groups excluding carboxylic acids is 1. The van der Waals surface area contributed by atoms with Crippen LogP contribution in [0.25, 0.3) is 0 Å². The average Bonchev–Trinajstić information content (AvgIpc) is 2.20. The monoisotopic (exact) mass is 262 g/mol. The molecule has 1 unspecified atom stereocenters. The lowest BCUT2D eigenvalue weighted by molar-refractivity contribution is -0.139. The molecule has 1 aromatic carbocycles. The number of carbonyl (C=O) groups is 2. The van der Waals surface area contributed by atoms with E-state index >= 15 is 0 Å². The van der Waals surface area contributed by atoms with E-state index < -0.39 is 10.5 Å². The van der Waals surface area contributed by atoms with Gasteiger partial charge in [-0.05, 0) is 12.1 Å². The number of nitrogens with zero attached hydrogens (tertiary/aromatic N) is 1. The van der Waals surface area contributed by atoms with E-state index in [2.05, 4.69) is 0 Å². The minimum absolute atomic E-state index is 0.306. The maximum Gasteiger partial charge on any atom is 0.360 e. The summed E-state index contributed by atoms with van der Waals surface area (Å²) >= 11 is 11.7. The van der Waals surface area contributed by atoms with Crippen LogP contribution in [0.15, 0.2) is 18.2 Å². The molecule has 1 rings (SSSR count). The minimum Gasteiger partial charge on any atom is -0.477 e. The van der Waals surface area contributed by atoms with E-state index in [4.69, 9.17) is 28.3 Å². The predicted octanol–water partition coefficient (Wildman–Crippen LogP) is 2.17. The highest BCUT2D eigenvalue weighted by molar-refractivity contribution is 6.35. The predicted molar refractivity (Wildman–Crippen MR) is 62.7 cm³/mol. The highest BCUT2D eigenvalue weighted by Crippen LogP contribution is 2.31. The first kappa shape index (κ1) is 13.0. The molecular weight excluding hydrogens is 253 g/mol. The van der Waals surface area contributed by atoms with Crippen molar-refractivity contribution >= 4 is 41.3 Å². The van der Waals surface area contributed by atoms with Gasteiger partial charge >= 0.3 is 12.4 Å². The Morgan fingerprint density at radius 1 is 1.50 bits per heavy atom. The number of likely N-dealkylation sites (N-methyl/N-ethyl adjacent to an activating group) is 1. The van der Waals surface area contributed by atoms with Crippen molar-refractivity contribution in [2.24, 2.45) is 0 Å². The molecule has 0 saturated carbocycles. The van der Waals surface area contributed by atoms with Gasteiger partial charge in [-0.2, -0.15) is 0 Å². The number of hydrogen-bond acceptors (Lipinski definition) is 2. The number of quaternary nitrogens is 1. The number of aliphatic carboxylic acids is 1. The Morgan fingerprint density at radius 3 is 2.62 bits per heavy atom. The summed E-state index contributed by atoms with van der Waals surface area (Å²) in [5.74, 6) is -1.09. The zero-order valence-corrected chi connectivity index (χ0v) is 10.00. The molecule has 16 heavy (non-hydrogen) atoms. The van der Waals surface area contributed by atoms with Gasteiger partial charge in [0.25, 0.3) is 0 Å². The molecule has 0 aliphatic carbocycles. The average molecular weight is 263 g/mol. The number of carboxylic acids is 1. The second kappa shape index (κ2) is 4.82. The molecule has 0 spiro atoms. The maximum absolute atomic E-state index is 11.0. The largest absolute Gasteiger partial charge is 0.477 e. The van der Waals surface area contributed by atoms with Gasteiger partial charge in [0.1, 0.15) is 5.02 Å². The Hall–Kier alpha value is -1.10. The van der Waals surface area contributed by atoms with Crippen LogP contribution in [-0.4, -0.2) is 31.1 Å². The zero-order valence-electron chi connectivity index (χ0n) is 8.48. The molecular formula is C10H10Cl2NO3+. The normalized spacial score (nSPS) is 14.2. The maximum atomic E-state index is 11.0. The summed E-state index contributed by atoms with van der Waals surface area (Å²) in [5.41, 5.74) is 0.367. The third-order valence-electron chi connectivity index (χ3n) is 2.15. The van der Waals surface area contributed by atoms with Crippen molar-refractivity contribution in [2.45, 2.75) is 0 Å². The second-order valence-corrected chi connectivity index (χ2v) is 4.36. The lowest BCUT2D eigenvalue weighted by Crippen LogP contribution is -2.47. The zero-order chi connectivity index (χ0) is 12.3. The standard InChI is InChI=1S/C10H9Cl2NO3/c1-13(6-14,5-10(15)16)9-4-7(11)2-3-8(9)12/h2-4,6H,5H2,1H3/p+1. The number of rotatable bonds is 4. The van der Waals surface area contributed by atoms with Gasteiger partial charge < -0.3 is 5.11 Å². The number of hydrogen-bond donors (Lipinski definition) is 1. The van der Waals surface area contributed by atoms with Crippen LogP contribution < -0.4 is 4.48 Å². The Bertz CT molecular complexity index is 436. The fourth-order valence-electron chi connectivity index (χ4n) is 1.34. The van der Waals surface area contributed by atoms with Gasteiger partial charge in [-0.3, -0.25) is 0 Å². The van der Waals surface area contributed by atoms with Crippen LogP contribution in [0.2, 0.25) is 10.0 Å². The van der Waals surface area contributed by atoms with Gasteiger partial charge in [-0.15, -0.1) is 0 Å². The van der Waals surface area contributed by atoms with E-state index in [0.717, 1.165) is 0 Å². The van der Waals surface area contributed by atoms with E-state index in [1.54, 1.807) is 6.07 Å². The van der Waals surface area contributed by atoms with Crippen molar-refractivity contribution < 1.29 is 14.7 Å². The molecule has 1 N–H and O–H groups in total. The van der Waals surface area contributed by atoms with E-state index in [9.17, 15) is 9.59 Å². The molecule has 0 aromatic heterocycles. The van der Waals surface area contributed by atoms with Crippen molar-refractivity contribution in [3.63, 3.8) is 0 Å². The minimum atomic E-state index is -1.09. The van der Waals surface area contributed by atoms with Gasteiger partial charge in [0.2, 0.25) is 0 Å². The van der Waals surface area contributed by atoms with Gasteiger partial charge in [-0.1, -0.05) is 23.2 Å². The van der Waals surface area contributed by atoms with Crippen molar-refractivity contribution in [1.29, 1.82) is 0 Å². The van der Waals surface area contributed by atoms with E-state index in [-0.39, 0.29) is 6.54 Å². The van der Waals surface area contributed by atoms with Crippen molar-refractivity contribution in [3.05, 3.63) is 28.2 Å². The molecule has 0 aliphatic rings. The summed E-state index contributed by atoms with van der Waals surface area (Å²) in [6, 6.07) is 4.59. The van der Waals surface area contributed by atoms with Crippen LogP contribution in [0.3, 0.4) is 0 Å². The lowest BCUT2D eigenvalue weighted by atomic mass is 10.2. The first-order chi connectivity index (χ1) is 7.39. The van der Waals surface area contributed by atoms with Crippen LogP contribution in [0.4, 0.5) is 5.69 Å². The molecule has 0 heterocycles. The molecule has 0 saturated heterocycles. The van der Waals surface area contributed by atoms with Gasteiger partial charge in [0, 0.05) is 11.1 Å². The Morgan fingerprint density at radius 2 is 2.12 bits per heavy atom. The molecule has 0 radical (unpaired) electrons. The molecule has 0 fully saturated rings. The second-order valence-electron chi connectivity index (χ2n) is 3.52. The molecule has 0 bridgehead atoms. The third-order valence-corrected chi connectivity index (χ3v) is 2.71. The summed E-state index contributed by atoms with van der Waals surface area (Å²) in [4.78, 5) is 21.7. The number of halogens is 2. The van der Waals surface area contributed by atoms with Crippen LogP contribution in [0, 0.1) is 0 Å². The van der Waals surface area contributed by atoms with Crippen LogP contribution in [0.5, 0.6) is 0 Å². The van der Waals surface area contributed by atoms with Crippen LogP contribution in [0.1, 0.15) is 0 Å². The molecule has 6 heteroatoms. The van der Waals surface area contributed by atoms with E-state index in [0.29, 0.717) is 22.1 Å². The smallest absolute Gasteiger partial charge is 0.360 e. The summed E-state index contributed by atoms with van der Waals surface area (Å²) in [6.07, 6.45) is 0.520. The summed E-state index contributed by atoms with van der Waals surface area (Å²) in [5, 5.41) is 9.46. The highest BCUT2D eigenvalue weighted by atomic mass is 35.5. The van der Waals surface area contributed by atoms with Crippen molar-refractivity contribution in [3.8, 4) is 0 Å².